The molecule has 0 atom stereocenters. The molecule has 0 saturated heterocycles. The molecule has 20 heavy (non-hydrogen) atoms. The van der Waals surface area contributed by atoms with E-state index in [9.17, 15) is 4.79 Å². The summed E-state index contributed by atoms with van der Waals surface area (Å²) in [6.45, 7) is 4.88. The minimum atomic E-state index is -0.151. The lowest BCUT2D eigenvalue weighted by Gasteiger charge is -2.31. The molecule has 0 bridgehead atoms. The number of nitrogens with one attached hydrogen (secondary N) is 1. The molecule has 4 nitrogen and oxygen atoms in total. The Kier molecular flexibility index (Phi) is 8.26. The van der Waals surface area contributed by atoms with Gasteiger partial charge in [-0.15, -0.1) is 12.4 Å². The van der Waals surface area contributed by atoms with Crippen molar-refractivity contribution in [3.8, 4) is 0 Å². The van der Waals surface area contributed by atoms with E-state index >= 15 is 0 Å². The van der Waals surface area contributed by atoms with Gasteiger partial charge in [-0.05, 0) is 36.8 Å². The van der Waals surface area contributed by atoms with E-state index in [1.54, 1.807) is 24.3 Å². The number of aliphatic hydroxyl groups is 1. The third-order valence-electron chi connectivity index (χ3n) is 3.97. The van der Waals surface area contributed by atoms with Gasteiger partial charge in [0.25, 0.3) is 5.91 Å². The second kappa shape index (κ2) is 8.82. The summed E-state index contributed by atoms with van der Waals surface area (Å²) in [6, 6.07) is 7.04. The van der Waals surface area contributed by atoms with E-state index in [1.807, 2.05) is 0 Å². The second-order valence-corrected chi connectivity index (χ2v) is 4.95. The maximum Gasteiger partial charge on any atom is 0.253 e. The number of nitrogens with two attached hydrogens (primary N) is 1. The molecule has 0 fully saturated rings. The van der Waals surface area contributed by atoms with E-state index < -0.39 is 0 Å². The molecular weight excluding hydrogens is 276 g/mol. The van der Waals surface area contributed by atoms with Crippen LogP contribution < -0.4 is 11.1 Å². The summed E-state index contributed by atoms with van der Waals surface area (Å²) in [6.07, 6.45) is 2.55. The van der Waals surface area contributed by atoms with Gasteiger partial charge >= 0.3 is 0 Å². The molecule has 1 rings (SSSR count). The van der Waals surface area contributed by atoms with Crippen molar-refractivity contribution in [1.29, 1.82) is 0 Å². The minimum Gasteiger partial charge on any atom is -0.398 e. The Morgan fingerprint density at radius 2 is 1.90 bits per heavy atom. The molecule has 5 heteroatoms. The van der Waals surface area contributed by atoms with Gasteiger partial charge in [0.2, 0.25) is 0 Å². The van der Waals surface area contributed by atoms with Gasteiger partial charge in [-0.2, -0.15) is 0 Å². The van der Waals surface area contributed by atoms with E-state index in [2.05, 4.69) is 19.2 Å². The number of para-hydroxylation sites is 1. The number of amides is 1. The number of aliphatic hydroxyl groups excluding tert-OH is 1. The minimum absolute atomic E-state index is 0. The number of halogens is 1. The monoisotopic (exact) mass is 300 g/mol. The first-order valence-electron chi connectivity index (χ1n) is 6.82. The summed E-state index contributed by atoms with van der Waals surface area (Å²) in [7, 11) is 0. The third-order valence-corrected chi connectivity index (χ3v) is 3.97. The van der Waals surface area contributed by atoms with Gasteiger partial charge in [-0.1, -0.05) is 26.0 Å². The fourth-order valence-corrected chi connectivity index (χ4v) is 2.25. The predicted octanol–water partition coefficient (Wildman–Crippen LogP) is 2.61. The summed E-state index contributed by atoms with van der Waals surface area (Å²) in [5, 5.41) is 12.1. The van der Waals surface area contributed by atoms with Crippen LogP contribution in [0.15, 0.2) is 24.3 Å². The molecule has 0 aliphatic carbocycles. The van der Waals surface area contributed by atoms with Crippen LogP contribution in [0.3, 0.4) is 0 Å². The lowest BCUT2D eigenvalue weighted by atomic mass is 9.79. The van der Waals surface area contributed by atoms with E-state index in [-0.39, 0.29) is 30.3 Å². The molecule has 0 unspecified atom stereocenters. The number of carbonyl (C=O) groups excluding carboxylic acids is 1. The van der Waals surface area contributed by atoms with Crippen molar-refractivity contribution >= 4 is 24.0 Å². The van der Waals surface area contributed by atoms with Crippen LogP contribution in [-0.4, -0.2) is 24.2 Å². The smallest absolute Gasteiger partial charge is 0.253 e. The third kappa shape index (κ3) is 4.69. The number of rotatable bonds is 7. The van der Waals surface area contributed by atoms with Crippen LogP contribution in [0.4, 0.5) is 5.69 Å². The number of hydrogen-bond acceptors (Lipinski definition) is 3. The first-order chi connectivity index (χ1) is 9.08. The topological polar surface area (TPSA) is 75.3 Å². The molecule has 0 aromatic heterocycles. The second-order valence-electron chi connectivity index (χ2n) is 4.95. The summed E-state index contributed by atoms with van der Waals surface area (Å²) >= 11 is 0. The van der Waals surface area contributed by atoms with Crippen molar-refractivity contribution in [3.05, 3.63) is 29.8 Å². The van der Waals surface area contributed by atoms with Crippen molar-refractivity contribution in [2.45, 2.75) is 33.1 Å². The molecule has 1 aromatic rings. The Labute approximate surface area is 127 Å². The van der Waals surface area contributed by atoms with Gasteiger partial charge in [-0.25, -0.2) is 0 Å². The van der Waals surface area contributed by atoms with Crippen LogP contribution in [0, 0.1) is 5.41 Å². The standard InChI is InChI=1S/C15H24N2O2.ClH/c1-3-15(4-2,9-10-18)11-17-14(19)12-7-5-6-8-13(12)16;/h5-8,18H,3-4,9-11,16H2,1-2H3,(H,17,19);1H. The largest absolute Gasteiger partial charge is 0.398 e. The molecule has 0 aliphatic rings. The van der Waals surface area contributed by atoms with Crippen molar-refractivity contribution < 1.29 is 9.90 Å². The van der Waals surface area contributed by atoms with Crippen molar-refractivity contribution in [2.24, 2.45) is 5.41 Å². The van der Waals surface area contributed by atoms with Crippen molar-refractivity contribution in [3.63, 3.8) is 0 Å². The quantitative estimate of drug-likeness (QED) is 0.678. The SMILES string of the molecule is CCC(CC)(CCO)CNC(=O)c1ccccc1N.Cl. The van der Waals surface area contributed by atoms with Crippen molar-refractivity contribution in [2.75, 3.05) is 18.9 Å². The van der Waals surface area contributed by atoms with Gasteiger partial charge in [0.15, 0.2) is 0 Å². The summed E-state index contributed by atoms with van der Waals surface area (Å²) < 4.78 is 0. The zero-order valence-corrected chi connectivity index (χ0v) is 13.0. The fourth-order valence-electron chi connectivity index (χ4n) is 2.25. The number of carbonyl (C=O) groups is 1. The van der Waals surface area contributed by atoms with Gasteiger partial charge in [0, 0.05) is 18.8 Å². The van der Waals surface area contributed by atoms with Crippen LogP contribution >= 0.6 is 12.4 Å². The highest BCUT2D eigenvalue weighted by Crippen LogP contribution is 2.29. The predicted molar refractivity (Wildman–Crippen MR) is 85.2 cm³/mol. The molecule has 1 amide bonds. The fraction of sp³-hybridized carbons (Fsp3) is 0.533. The summed E-state index contributed by atoms with van der Waals surface area (Å²) in [5.74, 6) is -0.151. The molecule has 4 N–H and O–H groups in total. The Bertz CT molecular complexity index is 420. The molecule has 114 valence electrons. The van der Waals surface area contributed by atoms with Crippen molar-refractivity contribution in [1.82, 2.24) is 5.32 Å². The molecule has 0 radical (unpaired) electrons. The number of anilines is 1. The number of benzene rings is 1. The number of nitrogen functional groups attached to an aromatic ring is 1. The van der Waals surface area contributed by atoms with Crippen LogP contribution in [0.2, 0.25) is 0 Å². The first-order valence-corrected chi connectivity index (χ1v) is 6.82. The number of hydrogen-bond donors (Lipinski definition) is 3. The summed E-state index contributed by atoms with van der Waals surface area (Å²) in [4.78, 5) is 12.1. The molecule has 0 heterocycles. The van der Waals surface area contributed by atoms with E-state index in [0.29, 0.717) is 24.2 Å². The highest BCUT2D eigenvalue weighted by Gasteiger charge is 2.26. The van der Waals surface area contributed by atoms with Gasteiger partial charge < -0.3 is 16.2 Å². The molecule has 1 aromatic carbocycles. The average Bonchev–Trinajstić information content (AvgIpc) is 2.44. The molecule has 0 aliphatic heterocycles. The molecule has 0 spiro atoms. The molecule has 0 saturated carbocycles. The van der Waals surface area contributed by atoms with Gasteiger partial charge in [-0.3, -0.25) is 4.79 Å². The average molecular weight is 301 g/mol. The van der Waals surface area contributed by atoms with Crippen LogP contribution in [-0.2, 0) is 0 Å². The van der Waals surface area contributed by atoms with E-state index in [4.69, 9.17) is 10.8 Å². The first kappa shape index (κ1) is 18.7. The Morgan fingerprint density at radius 3 is 2.40 bits per heavy atom. The van der Waals surface area contributed by atoms with Gasteiger partial charge in [0.1, 0.15) is 0 Å². The maximum absolute atomic E-state index is 12.1. The van der Waals surface area contributed by atoms with Crippen LogP contribution in [0.1, 0.15) is 43.5 Å². The van der Waals surface area contributed by atoms with Crippen LogP contribution in [0.5, 0.6) is 0 Å². The highest BCUT2D eigenvalue weighted by atomic mass is 35.5. The lowest BCUT2D eigenvalue weighted by Crippen LogP contribution is -2.37. The summed E-state index contributed by atoms with van der Waals surface area (Å²) in [5.41, 5.74) is 6.74. The Hall–Kier alpha value is -1.26. The van der Waals surface area contributed by atoms with Gasteiger partial charge in [0.05, 0.1) is 5.56 Å². The zero-order chi connectivity index (χ0) is 14.3. The molecular formula is C15H25ClN2O2. The van der Waals surface area contributed by atoms with E-state index in [1.165, 1.54) is 0 Å². The Morgan fingerprint density at radius 1 is 1.30 bits per heavy atom. The normalized spacial score (nSPS) is 10.8. The lowest BCUT2D eigenvalue weighted by molar-refractivity contribution is 0.0908. The van der Waals surface area contributed by atoms with E-state index in [0.717, 1.165) is 12.8 Å². The highest BCUT2D eigenvalue weighted by molar-refractivity contribution is 5.99. The zero-order valence-electron chi connectivity index (χ0n) is 12.2. The maximum atomic E-state index is 12.1. The Balaban J connectivity index is 0.00000361. The van der Waals surface area contributed by atoms with Crippen LogP contribution in [0.25, 0.3) is 0 Å².